The Kier molecular flexibility index (Phi) is 4.32. The number of fused-ring (bicyclic) bond motifs is 1. The summed E-state index contributed by atoms with van der Waals surface area (Å²) in [6.07, 6.45) is 3.51. The van der Waals surface area contributed by atoms with Crippen molar-refractivity contribution < 1.29 is 4.74 Å². The van der Waals surface area contributed by atoms with Gasteiger partial charge in [0.25, 0.3) is 0 Å². The van der Waals surface area contributed by atoms with Crippen molar-refractivity contribution in [2.75, 3.05) is 43.1 Å². The van der Waals surface area contributed by atoms with E-state index in [9.17, 15) is 0 Å². The van der Waals surface area contributed by atoms with E-state index in [1.807, 2.05) is 40.5 Å². The second-order valence-electron chi connectivity index (χ2n) is 6.59. The van der Waals surface area contributed by atoms with Gasteiger partial charge < -0.3 is 14.5 Å². The smallest absolute Gasteiger partial charge is 0.169 e. The molecule has 28 heavy (non-hydrogen) atoms. The molecule has 0 aliphatic carbocycles. The third-order valence-electron chi connectivity index (χ3n) is 5.06. The van der Waals surface area contributed by atoms with Crippen LogP contribution in [0.3, 0.4) is 0 Å². The van der Waals surface area contributed by atoms with Crippen LogP contribution in [0.1, 0.15) is 0 Å². The van der Waals surface area contributed by atoms with Crippen LogP contribution in [-0.2, 0) is 0 Å². The van der Waals surface area contributed by atoms with Crippen molar-refractivity contribution in [2.24, 2.45) is 0 Å². The summed E-state index contributed by atoms with van der Waals surface area (Å²) in [5.74, 6) is 1.87. The molecule has 5 rings (SSSR count). The van der Waals surface area contributed by atoms with Crippen LogP contribution in [0.4, 0.5) is 11.5 Å². The van der Waals surface area contributed by atoms with E-state index in [0.29, 0.717) is 0 Å². The molecule has 1 aromatic carbocycles. The Bertz CT molecular complexity index is 1090. The van der Waals surface area contributed by atoms with E-state index in [1.54, 1.807) is 24.8 Å². The molecule has 0 N–H and O–H groups in total. The molecule has 0 bridgehead atoms. The number of thiophene rings is 1. The molecular weight excluding hydrogens is 372 g/mol. The number of benzene rings is 1. The lowest BCUT2D eigenvalue weighted by molar-refractivity contribution is 0.413. The van der Waals surface area contributed by atoms with Crippen molar-refractivity contribution in [1.82, 2.24) is 19.7 Å². The van der Waals surface area contributed by atoms with Crippen LogP contribution >= 0.6 is 11.3 Å². The second-order valence-corrected chi connectivity index (χ2v) is 7.51. The molecule has 0 unspecified atom stereocenters. The van der Waals surface area contributed by atoms with Gasteiger partial charge in [0.2, 0.25) is 0 Å². The van der Waals surface area contributed by atoms with Crippen molar-refractivity contribution in [3.63, 3.8) is 0 Å². The number of ether oxygens (including phenoxy) is 1. The van der Waals surface area contributed by atoms with Crippen molar-refractivity contribution in [3.8, 4) is 10.8 Å². The molecule has 8 heteroatoms. The molecule has 1 aliphatic rings. The predicted octanol–water partition coefficient (Wildman–Crippen LogP) is 3.21. The number of rotatable bonds is 4. The summed E-state index contributed by atoms with van der Waals surface area (Å²) in [7, 11) is 1.72. The Morgan fingerprint density at radius 1 is 0.964 bits per heavy atom. The number of hydrogen-bond donors (Lipinski definition) is 0. The number of anilines is 2. The zero-order valence-electron chi connectivity index (χ0n) is 15.5. The first-order valence-electron chi connectivity index (χ1n) is 9.20. The minimum atomic E-state index is 0.847. The molecule has 0 atom stereocenters. The Morgan fingerprint density at radius 3 is 2.57 bits per heavy atom. The molecule has 0 saturated carbocycles. The summed E-state index contributed by atoms with van der Waals surface area (Å²) in [5.41, 5.74) is 1.99. The zero-order valence-corrected chi connectivity index (χ0v) is 16.3. The van der Waals surface area contributed by atoms with Crippen LogP contribution in [0.15, 0.2) is 54.3 Å². The van der Waals surface area contributed by atoms with E-state index in [4.69, 9.17) is 4.74 Å². The van der Waals surface area contributed by atoms with Gasteiger partial charge in [0, 0.05) is 26.2 Å². The maximum atomic E-state index is 5.52. The topological polar surface area (TPSA) is 59.3 Å². The molecule has 1 saturated heterocycles. The lowest BCUT2D eigenvalue weighted by Gasteiger charge is -2.37. The first-order chi connectivity index (χ1) is 13.8. The van der Waals surface area contributed by atoms with Crippen molar-refractivity contribution in [2.45, 2.75) is 0 Å². The van der Waals surface area contributed by atoms with Crippen molar-refractivity contribution in [1.29, 1.82) is 0 Å². The quantitative estimate of drug-likeness (QED) is 0.532. The van der Waals surface area contributed by atoms with Gasteiger partial charge in [-0.25, -0.2) is 14.6 Å². The lowest BCUT2D eigenvalue weighted by atomic mass is 10.2. The number of aromatic nitrogens is 4. The zero-order chi connectivity index (χ0) is 18.9. The van der Waals surface area contributed by atoms with Gasteiger partial charge in [-0.1, -0.05) is 12.1 Å². The van der Waals surface area contributed by atoms with Crippen LogP contribution in [-0.4, -0.2) is 53.0 Å². The summed E-state index contributed by atoms with van der Waals surface area (Å²) in [6.45, 7) is 3.58. The molecule has 0 spiro atoms. The number of hydrogen-bond acceptors (Lipinski definition) is 7. The molecule has 0 radical (unpaired) electrons. The van der Waals surface area contributed by atoms with Crippen LogP contribution in [0.5, 0.6) is 5.75 Å². The van der Waals surface area contributed by atoms with Crippen LogP contribution in [0, 0.1) is 0 Å². The van der Waals surface area contributed by atoms with Gasteiger partial charge in [-0.15, -0.1) is 11.3 Å². The minimum absolute atomic E-state index is 0.847. The van der Waals surface area contributed by atoms with E-state index >= 15 is 0 Å². The number of piperazine rings is 1. The monoisotopic (exact) mass is 392 g/mol. The van der Waals surface area contributed by atoms with Gasteiger partial charge in [-0.2, -0.15) is 5.10 Å². The fourth-order valence-electron chi connectivity index (χ4n) is 3.69. The summed E-state index contributed by atoms with van der Waals surface area (Å²) in [4.78, 5) is 13.7. The Labute approximate surface area is 166 Å². The fourth-order valence-corrected chi connectivity index (χ4v) is 4.37. The molecule has 3 aromatic heterocycles. The number of methoxy groups -OCH3 is 1. The maximum absolute atomic E-state index is 5.52. The van der Waals surface area contributed by atoms with Gasteiger partial charge in [-0.3, -0.25) is 0 Å². The molecule has 1 fully saturated rings. The maximum Gasteiger partial charge on any atom is 0.169 e. The first kappa shape index (κ1) is 17.0. The molecule has 7 nitrogen and oxygen atoms in total. The van der Waals surface area contributed by atoms with Gasteiger partial charge >= 0.3 is 0 Å². The third kappa shape index (κ3) is 2.86. The predicted molar refractivity (Wildman–Crippen MR) is 112 cm³/mol. The lowest BCUT2D eigenvalue weighted by Crippen LogP contribution is -2.47. The Hall–Kier alpha value is -3.13. The standard InChI is InChI=1S/C20H20N6OS/c1-27-17-6-3-2-5-16(17)24-8-10-25(11-9-24)19-15-13-23-26(18-7-4-12-28-18)20(15)22-14-21-19/h2-7,12-14H,8-11H2,1H3. The van der Waals surface area contributed by atoms with Gasteiger partial charge in [0.05, 0.1) is 24.4 Å². The number of para-hydroxylation sites is 2. The number of nitrogens with zero attached hydrogens (tertiary/aromatic N) is 6. The van der Waals surface area contributed by atoms with Crippen molar-refractivity contribution >= 4 is 33.9 Å². The van der Waals surface area contributed by atoms with E-state index in [2.05, 4.69) is 37.0 Å². The van der Waals surface area contributed by atoms with Gasteiger partial charge in [0.1, 0.15) is 22.9 Å². The third-order valence-corrected chi connectivity index (χ3v) is 5.91. The largest absolute Gasteiger partial charge is 0.495 e. The second kappa shape index (κ2) is 7.12. The van der Waals surface area contributed by atoms with E-state index in [1.165, 1.54) is 0 Å². The van der Waals surface area contributed by atoms with Crippen LogP contribution in [0.25, 0.3) is 16.0 Å². The summed E-state index contributed by atoms with van der Waals surface area (Å²) < 4.78 is 7.41. The van der Waals surface area contributed by atoms with E-state index < -0.39 is 0 Å². The highest BCUT2D eigenvalue weighted by molar-refractivity contribution is 7.12. The molecule has 1 aliphatic heterocycles. The normalized spacial score (nSPS) is 14.6. The molecule has 4 aromatic rings. The fraction of sp³-hybridized carbons (Fsp3) is 0.250. The minimum Gasteiger partial charge on any atom is -0.495 e. The average molecular weight is 392 g/mol. The molecular formula is C20H20N6OS. The Balaban J connectivity index is 1.40. The highest BCUT2D eigenvalue weighted by Crippen LogP contribution is 2.31. The summed E-state index contributed by atoms with van der Waals surface area (Å²) >= 11 is 1.65. The van der Waals surface area contributed by atoms with Gasteiger partial charge in [-0.05, 0) is 29.6 Å². The van der Waals surface area contributed by atoms with E-state index in [-0.39, 0.29) is 0 Å². The SMILES string of the molecule is COc1ccccc1N1CCN(c2ncnc3c2cnn3-c2cccs2)CC1. The van der Waals surface area contributed by atoms with Crippen LogP contribution in [0.2, 0.25) is 0 Å². The highest BCUT2D eigenvalue weighted by atomic mass is 32.1. The van der Waals surface area contributed by atoms with Crippen molar-refractivity contribution in [3.05, 3.63) is 54.3 Å². The molecule has 4 heterocycles. The Morgan fingerprint density at radius 2 is 1.79 bits per heavy atom. The molecule has 0 amide bonds. The van der Waals surface area contributed by atoms with Crippen LogP contribution < -0.4 is 14.5 Å². The van der Waals surface area contributed by atoms with Gasteiger partial charge in [0.15, 0.2) is 5.65 Å². The highest BCUT2D eigenvalue weighted by Gasteiger charge is 2.23. The summed E-state index contributed by atoms with van der Waals surface area (Å²) in [6, 6.07) is 12.2. The summed E-state index contributed by atoms with van der Waals surface area (Å²) in [5, 5.41) is 8.64. The van der Waals surface area contributed by atoms with E-state index in [0.717, 1.165) is 59.5 Å². The first-order valence-corrected chi connectivity index (χ1v) is 10.1. The molecule has 142 valence electrons. The average Bonchev–Trinajstić information content (AvgIpc) is 3.43.